The lowest BCUT2D eigenvalue weighted by Gasteiger charge is -2.43. The highest BCUT2D eigenvalue weighted by atomic mass is 16.5. The van der Waals surface area contributed by atoms with E-state index in [1.807, 2.05) is 30.3 Å². The Hall–Kier alpha value is -4.11. The number of aliphatic hydroxyl groups excluding tert-OH is 1. The second-order valence-electron chi connectivity index (χ2n) is 11.3. The maximum absolute atomic E-state index is 12.1. The maximum atomic E-state index is 12.1. The van der Waals surface area contributed by atoms with E-state index in [1.54, 1.807) is 4.90 Å². The molecule has 0 bridgehead atoms. The lowest BCUT2D eigenvalue weighted by atomic mass is 9.94. The lowest BCUT2D eigenvalue weighted by molar-refractivity contribution is -0.138. The number of nitrogens with zero attached hydrogens (tertiary/aromatic N) is 7. The van der Waals surface area contributed by atoms with Gasteiger partial charge in [0.25, 0.3) is 5.91 Å². The van der Waals surface area contributed by atoms with Crippen molar-refractivity contribution in [1.29, 1.82) is 5.26 Å². The standard InChI is InChI=1S/C31H36N8O3/c1-21(40)30(41)39-9-8-22(17-39)14-23-2-3-24(15-25(23)16-32)29-33-20-34-31(36-29)35-26-4-6-27(7-5-26)37-10-12-38(13-11-37)28-18-42-19-28/h2-7,15,20-22,28,40H,8-14,17-19H2,1H3,(H,33,34,35,36)/t21-,22-/m0/s1. The molecule has 42 heavy (non-hydrogen) atoms. The van der Waals surface area contributed by atoms with Crippen LogP contribution < -0.4 is 10.2 Å². The normalized spacial score (nSPS) is 20.2. The molecule has 1 aromatic heterocycles. The number of nitrogens with one attached hydrogen (secondary N) is 1. The first-order valence-electron chi connectivity index (χ1n) is 14.6. The molecular formula is C31H36N8O3. The van der Waals surface area contributed by atoms with E-state index in [0.29, 0.717) is 42.9 Å². The molecule has 0 unspecified atom stereocenters. The van der Waals surface area contributed by atoms with Crippen molar-refractivity contribution in [3.8, 4) is 17.5 Å². The van der Waals surface area contributed by atoms with E-state index in [2.05, 4.69) is 48.3 Å². The van der Waals surface area contributed by atoms with Crippen LogP contribution in [0.1, 0.15) is 24.5 Å². The number of carbonyl (C=O) groups excluding carboxylic acids is 1. The molecule has 1 amide bonds. The molecule has 3 aliphatic rings. The van der Waals surface area contributed by atoms with Crippen molar-refractivity contribution < 1.29 is 14.6 Å². The van der Waals surface area contributed by atoms with Crippen LogP contribution in [-0.4, -0.2) is 100 Å². The molecular weight excluding hydrogens is 532 g/mol. The molecule has 2 atom stereocenters. The Balaban J connectivity index is 1.08. The number of hydrogen-bond acceptors (Lipinski definition) is 10. The number of aliphatic hydroxyl groups is 1. The predicted molar refractivity (Wildman–Crippen MR) is 158 cm³/mol. The first-order chi connectivity index (χ1) is 20.5. The Morgan fingerprint density at radius 1 is 1.12 bits per heavy atom. The van der Waals surface area contributed by atoms with Crippen LogP contribution in [0, 0.1) is 17.2 Å². The van der Waals surface area contributed by atoms with Crippen LogP contribution in [0.4, 0.5) is 17.3 Å². The number of nitriles is 1. The molecule has 218 valence electrons. The van der Waals surface area contributed by atoms with Crippen molar-refractivity contribution in [3.63, 3.8) is 0 Å². The molecule has 0 aliphatic carbocycles. The molecule has 3 fully saturated rings. The summed E-state index contributed by atoms with van der Waals surface area (Å²) in [7, 11) is 0. The summed E-state index contributed by atoms with van der Waals surface area (Å²) < 4.78 is 5.34. The van der Waals surface area contributed by atoms with Gasteiger partial charge in [0, 0.05) is 56.2 Å². The van der Waals surface area contributed by atoms with E-state index < -0.39 is 6.10 Å². The van der Waals surface area contributed by atoms with Crippen LogP contribution in [0.2, 0.25) is 0 Å². The first kappa shape index (κ1) is 28.0. The highest BCUT2D eigenvalue weighted by Gasteiger charge is 2.30. The Kier molecular flexibility index (Phi) is 8.28. The molecule has 0 radical (unpaired) electrons. The lowest BCUT2D eigenvalue weighted by Crippen LogP contribution is -2.56. The summed E-state index contributed by atoms with van der Waals surface area (Å²) in [4.78, 5) is 32.0. The minimum absolute atomic E-state index is 0.239. The number of benzene rings is 2. The van der Waals surface area contributed by atoms with Gasteiger partial charge in [0.15, 0.2) is 5.82 Å². The summed E-state index contributed by atoms with van der Waals surface area (Å²) >= 11 is 0. The quantitative estimate of drug-likeness (QED) is 0.418. The van der Waals surface area contributed by atoms with Crippen LogP contribution in [0.5, 0.6) is 0 Å². The number of hydrogen-bond donors (Lipinski definition) is 2. The third-order valence-corrected chi connectivity index (χ3v) is 8.46. The minimum Gasteiger partial charge on any atom is -0.384 e. The van der Waals surface area contributed by atoms with Crippen molar-refractivity contribution in [2.45, 2.75) is 31.9 Å². The topological polar surface area (TPSA) is 131 Å². The molecule has 0 spiro atoms. The minimum atomic E-state index is -0.990. The van der Waals surface area contributed by atoms with Crippen LogP contribution in [0.15, 0.2) is 48.8 Å². The monoisotopic (exact) mass is 568 g/mol. The number of likely N-dealkylation sites (tertiary alicyclic amines) is 1. The number of aromatic nitrogens is 3. The fourth-order valence-corrected chi connectivity index (χ4v) is 5.93. The van der Waals surface area contributed by atoms with E-state index in [1.165, 1.54) is 18.9 Å². The van der Waals surface area contributed by atoms with Gasteiger partial charge in [0.2, 0.25) is 5.95 Å². The molecule has 11 heteroatoms. The zero-order chi connectivity index (χ0) is 29.1. The summed E-state index contributed by atoms with van der Waals surface area (Å²) in [6, 6.07) is 16.9. The van der Waals surface area contributed by atoms with E-state index in [4.69, 9.17) is 4.74 Å². The van der Waals surface area contributed by atoms with Gasteiger partial charge in [0.05, 0.1) is 30.9 Å². The van der Waals surface area contributed by atoms with E-state index >= 15 is 0 Å². The van der Waals surface area contributed by atoms with Gasteiger partial charge in [-0.05, 0) is 61.6 Å². The number of ether oxygens (including phenoxy) is 1. The van der Waals surface area contributed by atoms with Crippen molar-refractivity contribution in [1.82, 2.24) is 24.8 Å². The molecule has 6 rings (SSSR count). The number of amides is 1. The number of carbonyl (C=O) groups is 1. The highest BCUT2D eigenvalue weighted by Crippen LogP contribution is 2.27. The van der Waals surface area contributed by atoms with Gasteiger partial charge in [-0.15, -0.1) is 0 Å². The third kappa shape index (κ3) is 6.21. The number of anilines is 3. The fraction of sp³-hybridized carbons (Fsp3) is 0.452. The van der Waals surface area contributed by atoms with Gasteiger partial charge >= 0.3 is 0 Å². The predicted octanol–water partition coefficient (Wildman–Crippen LogP) is 2.45. The summed E-state index contributed by atoms with van der Waals surface area (Å²) in [5, 5.41) is 22.8. The average Bonchev–Trinajstić information content (AvgIpc) is 3.45. The van der Waals surface area contributed by atoms with E-state index in [0.717, 1.165) is 62.6 Å². The smallest absolute Gasteiger partial charge is 0.251 e. The molecule has 3 aromatic rings. The van der Waals surface area contributed by atoms with Crippen molar-refractivity contribution in [3.05, 3.63) is 59.9 Å². The third-order valence-electron chi connectivity index (χ3n) is 8.46. The van der Waals surface area contributed by atoms with Crippen LogP contribution >= 0.6 is 0 Å². The largest absolute Gasteiger partial charge is 0.384 e. The van der Waals surface area contributed by atoms with E-state index in [-0.39, 0.29) is 11.8 Å². The highest BCUT2D eigenvalue weighted by molar-refractivity contribution is 5.80. The molecule has 3 aliphatic heterocycles. The molecule has 3 saturated heterocycles. The van der Waals surface area contributed by atoms with Gasteiger partial charge in [-0.1, -0.05) is 12.1 Å². The molecule has 11 nitrogen and oxygen atoms in total. The van der Waals surface area contributed by atoms with Crippen molar-refractivity contribution >= 4 is 23.2 Å². The molecule has 4 heterocycles. The first-order valence-corrected chi connectivity index (χ1v) is 14.6. The fourth-order valence-electron chi connectivity index (χ4n) is 5.93. The maximum Gasteiger partial charge on any atom is 0.251 e. The van der Waals surface area contributed by atoms with Gasteiger partial charge in [-0.3, -0.25) is 9.69 Å². The average molecular weight is 569 g/mol. The van der Waals surface area contributed by atoms with E-state index in [9.17, 15) is 15.2 Å². The Labute approximate surface area is 245 Å². The van der Waals surface area contributed by atoms with Gasteiger partial charge in [0.1, 0.15) is 12.4 Å². The van der Waals surface area contributed by atoms with Crippen molar-refractivity contribution in [2.24, 2.45) is 5.92 Å². The zero-order valence-electron chi connectivity index (χ0n) is 23.8. The van der Waals surface area contributed by atoms with Crippen LogP contribution in [-0.2, 0) is 16.0 Å². The summed E-state index contributed by atoms with van der Waals surface area (Å²) in [5.74, 6) is 0.923. The summed E-state index contributed by atoms with van der Waals surface area (Å²) in [5.41, 5.74) is 4.32. The Bertz CT molecular complexity index is 1450. The zero-order valence-corrected chi connectivity index (χ0v) is 23.8. The SMILES string of the molecule is C[C@H](O)C(=O)N1CC[C@@H](Cc2ccc(-c3ncnc(Nc4ccc(N5CCN(C6COC6)CC5)cc4)n3)cc2C#N)C1. The molecule has 2 N–H and O–H groups in total. The summed E-state index contributed by atoms with van der Waals surface area (Å²) in [6.45, 7) is 8.56. The van der Waals surface area contributed by atoms with Gasteiger partial charge < -0.3 is 25.0 Å². The van der Waals surface area contributed by atoms with Gasteiger partial charge in [-0.2, -0.15) is 10.2 Å². The second-order valence-corrected chi connectivity index (χ2v) is 11.3. The second kappa shape index (κ2) is 12.4. The van der Waals surface area contributed by atoms with Crippen LogP contribution in [0.25, 0.3) is 11.4 Å². The number of piperazine rings is 1. The Morgan fingerprint density at radius 3 is 2.60 bits per heavy atom. The summed E-state index contributed by atoms with van der Waals surface area (Å²) in [6.07, 6.45) is 2.02. The van der Waals surface area contributed by atoms with Crippen LogP contribution in [0.3, 0.4) is 0 Å². The van der Waals surface area contributed by atoms with Gasteiger partial charge in [-0.25, -0.2) is 9.97 Å². The molecule has 2 aromatic carbocycles. The Morgan fingerprint density at radius 2 is 1.90 bits per heavy atom. The van der Waals surface area contributed by atoms with Crippen molar-refractivity contribution in [2.75, 3.05) is 62.7 Å². The number of rotatable bonds is 8. The molecule has 0 saturated carbocycles.